The first-order valence-electron chi connectivity index (χ1n) is 15.3. The summed E-state index contributed by atoms with van der Waals surface area (Å²) in [6.45, 7) is 5.10. The molecule has 1 aromatic carbocycles. The van der Waals surface area contributed by atoms with Crippen molar-refractivity contribution in [2.24, 2.45) is 5.92 Å². The van der Waals surface area contributed by atoms with Gasteiger partial charge in [0.1, 0.15) is 11.5 Å². The van der Waals surface area contributed by atoms with Crippen LogP contribution in [-0.2, 0) is 14.4 Å². The van der Waals surface area contributed by atoms with Crippen LogP contribution in [0.25, 0.3) is 0 Å². The number of hydrogen-bond acceptors (Lipinski definition) is 5. The highest BCUT2D eigenvalue weighted by Gasteiger charge is 2.19. The first kappa shape index (κ1) is 33.7. The number of nitrogens with one attached hydrogen (secondary N) is 1. The number of benzene rings is 1. The molecule has 38 heavy (non-hydrogen) atoms. The number of hydrogen-bond donors (Lipinski definition) is 1. The Morgan fingerprint density at radius 1 is 0.632 bits per heavy atom. The molecule has 0 saturated heterocycles. The average Bonchev–Trinajstić information content (AvgIpc) is 2.90. The lowest BCUT2D eigenvalue weighted by molar-refractivity contribution is -0.121. The van der Waals surface area contributed by atoms with Crippen LogP contribution in [0, 0.1) is 5.92 Å². The normalized spacial score (nSPS) is 11.6. The molecule has 0 fully saturated rings. The Kier molecular flexibility index (Phi) is 21.0. The largest absolute Gasteiger partial charge is 0.429 e. The van der Waals surface area contributed by atoms with Crippen molar-refractivity contribution < 1.29 is 23.9 Å². The summed E-state index contributed by atoms with van der Waals surface area (Å²) in [5.41, 5.74) is 0.454. The molecule has 0 spiro atoms. The van der Waals surface area contributed by atoms with Crippen molar-refractivity contribution >= 4 is 24.5 Å². The van der Waals surface area contributed by atoms with Gasteiger partial charge in [0.2, 0.25) is 5.91 Å². The van der Waals surface area contributed by atoms with Gasteiger partial charge in [-0.15, -0.1) is 0 Å². The van der Waals surface area contributed by atoms with E-state index in [2.05, 4.69) is 19.2 Å². The van der Waals surface area contributed by atoms with E-state index in [1.54, 1.807) is 12.1 Å². The van der Waals surface area contributed by atoms with E-state index in [0.29, 0.717) is 18.6 Å². The summed E-state index contributed by atoms with van der Waals surface area (Å²) in [5.74, 6) is 0.340. The highest BCUT2D eigenvalue weighted by Crippen LogP contribution is 2.28. The summed E-state index contributed by atoms with van der Waals surface area (Å²) in [4.78, 5) is 34.8. The number of carbonyl (C=O) groups is 3. The van der Waals surface area contributed by atoms with Gasteiger partial charge in [-0.3, -0.25) is 14.4 Å². The first-order chi connectivity index (χ1) is 18.6. The quantitative estimate of drug-likeness (QED) is 0.0952. The van der Waals surface area contributed by atoms with Gasteiger partial charge in [-0.25, -0.2) is 0 Å². The number of unbranched alkanes of at least 4 members (excludes halogenated alkanes) is 16. The van der Waals surface area contributed by atoms with E-state index in [1.165, 1.54) is 96.0 Å². The van der Waals surface area contributed by atoms with E-state index in [9.17, 15) is 14.4 Å². The molecular formula is C32H53NO5. The summed E-state index contributed by atoms with van der Waals surface area (Å²) >= 11 is 0. The Hall–Kier alpha value is -2.37. The molecule has 0 radical (unpaired) electrons. The van der Waals surface area contributed by atoms with E-state index in [4.69, 9.17) is 9.47 Å². The third kappa shape index (κ3) is 17.2. The minimum absolute atomic E-state index is 0.0239. The Morgan fingerprint density at radius 3 is 1.37 bits per heavy atom. The van der Waals surface area contributed by atoms with Crippen LogP contribution in [0.5, 0.6) is 11.5 Å². The van der Waals surface area contributed by atoms with Crippen molar-refractivity contribution in [3.8, 4) is 11.5 Å². The van der Waals surface area contributed by atoms with E-state index in [1.807, 2.05) is 0 Å². The molecule has 6 nitrogen and oxygen atoms in total. The van der Waals surface area contributed by atoms with Gasteiger partial charge in [0.25, 0.3) is 12.9 Å². The number of rotatable bonds is 26. The van der Waals surface area contributed by atoms with Crippen molar-refractivity contribution in [3.63, 3.8) is 0 Å². The van der Waals surface area contributed by atoms with Crippen LogP contribution in [0.3, 0.4) is 0 Å². The van der Waals surface area contributed by atoms with Crippen LogP contribution >= 0.6 is 0 Å². The standard InChI is InChI=1S/C32H53NO5/c1-3-5-7-9-11-13-14-16-18-20-22-28(21-19-17-15-12-10-8-6-4-2)32(36)33-29-23-30(37-26-34)25-31(24-29)38-27-35/h23-28H,3-22H2,1-2H3,(H,33,36). The fraction of sp³-hybridized carbons (Fsp3) is 0.719. The fourth-order valence-electron chi connectivity index (χ4n) is 4.94. The van der Waals surface area contributed by atoms with Crippen molar-refractivity contribution in [3.05, 3.63) is 18.2 Å². The minimum atomic E-state index is -0.0600. The van der Waals surface area contributed by atoms with Gasteiger partial charge in [-0.05, 0) is 12.8 Å². The Bertz CT molecular complexity index is 723. The predicted molar refractivity (Wildman–Crippen MR) is 156 cm³/mol. The summed E-state index contributed by atoms with van der Waals surface area (Å²) < 4.78 is 9.83. The minimum Gasteiger partial charge on any atom is -0.429 e. The highest BCUT2D eigenvalue weighted by atomic mass is 16.5. The van der Waals surface area contributed by atoms with Gasteiger partial charge in [0.15, 0.2) is 0 Å². The van der Waals surface area contributed by atoms with Crippen molar-refractivity contribution in [2.75, 3.05) is 5.32 Å². The molecule has 1 amide bonds. The molecule has 1 atom stereocenters. The summed E-state index contributed by atoms with van der Waals surface area (Å²) in [7, 11) is 0. The maximum Gasteiger partial charge on any atom is 0.298 e. The first-order valence-corrected chi connectivity index (χ1v) is 15.3. The predicted octanol–water partition coefficient (Wildman–Crippen LogP) is 9.15. The van der Waals surface area contributed by atoms with Gasteiger partial charge in [-0.2, -0.15) is 0 Å². The van der Waals surface area contributed by atoms with Crippen LogP contribution in [0.1, 0.15) is 142 Å². The maximum atomic E-state index is 13.2. The molecule has 1 unspecified atom stereocenters. The Balaban J connectivity index is 2.57. The zero-order valence-electron chi connectivity index (χ0n) is 24.1. The zero-order valence-corrected chi connectivity index (χ0v) is 24.1. The van der Waals surface area contributed by atoms with Crippen LogP contribution in [0.2, 0.25) is 0 Å². The molecule has 1 rings (SSSR count). The molecule has 0 aliphatic carbocycles. The van der Waals surface area contributed by atoms with Crippen LogP contribution in [-0.4, -0.2) is 18.9 Å². The summed E-state index contributed by atoms with van der Waals surface area (Å²) in [5, 5.41) is 2.97. The smallest absolute Gasteiger partial charge is 0.298 e. The van der Waals surface area contributed by atoms with Crippen molar-refractivity contribution in [1.82, 2.24) is 0 Å². The third-order valence-corrected chi connectivity index (χ3v) is 7.20. The topological polar surface area (TPSA) is 81.7 Å². The molecule has 1 N–H and O–H groups in total. The van der Waals surface area contributed by atoms with E-state index in [-0.39, 0.29) is 23.3 Å². The van der Waals surface area contributed by atoms with Gasteiger partial charge in [-0.1, -0.05) is 129 Å². The third-order valence-electron chi connectivity index (χ3n) is 7.20. The molecule has 0 saturated carbocycles. The lowest BCUT2D eigenvalue weighted by Crippen LogP contribution is -2.23. The van der Waals surface area contributed by atoms with E-state index >= 15 is 0 Å². The second kappa shape index (κ2) is 23.7. The van der Waals surface area contributed by atoms with Gasteiger partial charge >= 0.3 is 0 Å². The summed E-state index contributed by atoms with van der Waals surface area (Å²) in [6.07, 6.45) is 24.4. The molecule has 0 aromatic heterocycles. The molecule has 0 aliphatic rings. The van der Waals surface area contributed by atoms with Crippen LogP contribution < -0.4 is 14.8 Å². The Morgan fingerprint density at radius 2 is 1.00 bits per heavy atom. The van der Waals surface area contributed by atoms with E-state index in [0.717, 1.165) is 38.5 Å². The molecular weight excluding hydrogens is 478 g/mol. The number of carbonyl (C=O) groups excluding carboxylic acids is 3. The van der Waals surface area contributed by atoms with Gasteiger partial charge < -0.3 is 14.8 Å². The number of anilines is 1. The molecule has 0 heterocycles. The zero-order chi connectivity index (χ0) is 27.7. The monoisotopic (exact) mass is 531 g/mol. The molecule has 1 aromatic rings. The van der Waals surface area contributed by atoms with Gasteiger partial charge in [0, 0.05) is 29.8 Å². The number of amides is 1. The second-order valence-corrected chi connectivity index (χ2v) is 10.5. The number of ether oxygens (including phenoxy) is 2. The second-order valence-electron chi connectivity index (χ2n) is 10.5. The van der Waals surface area contributed by atoms with Crippen LogP contribution in [0.15, 0.2) is 18.2 Å². The maximum absolute atomic E-state index is 13.2. The van der Waals surface area contributed by atoms with E-state index < -0.39 is 0 Å². The molecule has 0 aliphatic heterocycles. The molecule has 216 valence electrons. The molecule has 6 heteroatoms. The fourth-order valence-corrected chi connectivity index (χ4v) is 4.94. The van der Waals surface area contributed by atoms with Crippen molar-refractivity contribution in [2.45, 2.75) is 142 Å². The van der Waals surface area contributed by atoms with Crippen LogP contribution in [0.4, 0.5) is 5.69 Å². The SMILES string of the molecule is CCCCCCCCCCCCC(CCCCCCCCCC)C(=O)Nc1cc(OC=O)cc(OC=O)c1. The Labute approximate surface area is 231 Å². The lowest BCUT2D eigenvalue weighted by atomic mass is 9.93. The lowest BCUT2D eigenvalue weighted by Gasteiger charge is -2.18. The molecule has 0 bridgehead atoms. The average molecular weight is 532 g/mol. The highest BCUT2D eigenvalue weighted by molar-refractivity contribution is 5.93. The summed E-state index contributed by atoms with van der Waals surface area (Å²) in [6, 6.07) is 4.57. The van der Waals surface area contributed by atoms with Crippen molar-refractivity contribution in [1.29, 1.82) is 0 Å². The van der Waals surface area contributed by atoms with Gasteiger partial charge in [0.05, 0.1) is 0 Å².